The number of phenols is 1. The molecule has 1 N–H and O–H groups in total. The number of nitro groups is 1. The van der Waals surface area contributed by atoms with E-state index in [0.717, 1.165) is 25.9 Å². The highest BCUT2D eigenvalue weighted by atomic mass is 16.6. The lowest BCUT2D eigenvalue weighted by atomic mass is 10.0. The van der Waals surface area contributed by atoms with Gasteiger partial charge in [-0.15, -0.1) is 0 Å². The fourth-order valence-corrected chi connectivity index (χ4v) is 3.46. The summed E-state index contributed by atoms with van der Waals surface area (Å²) in [5, 5.41) is 21.0. The lowest BCUT2D eigenvalue weighted by molar-refractivity contribution is -0.384. The molecule has 0 amide bonds. The van der Waals surface area contributed by atoms with Gasteiger partial charge in [-0.25, -0.2) is 0 Å². The van der Waals surface area contributed by atoms with Crippen LogP contribution in [0, 0.1) is 10.1 Å². The first-order valence-corrected chi connectivity index (χ1v) is 8.79. The van der Waals surface area contributed by atoms with Crippen LogP contribution in [0.2, 0.25) is 0 Å². The molecule has 0 radical (unpaired) electrons. The topological polar surface area (TPSA) is 92.9 Å². The predicted molar refractivity (Wildman–Crippen MR) is 98.6 cm³/mol. The van der Waals surface area contributed by atoms with E-state index in [4.69, 9.17) is 4.74 Å². The number of allylic oxidation sites excluding steroid dienone is 1. The number of aromatic hydroxyl groups is 1. The summed E-state index contributed by atoms with van der Waals surface area (Å²) in [7, 11) is 0. The van der Waals surface area contributed by atoms with Crippen molar-refractivity contribution >= 4 is 17.5 Å². The van der Waals surface area contributed by atoms with E-state index in [-0.39, 0.29) is 23.0 Å². The molecule has 0 aromatic heterocycles. The highest BCUT2D eigenvalue weighted by Gasteiger charge is 2.32. The molecule has 2 heterocycles. The summed E-state index contributed by atoms with van der Waals surface area (Å²) in [6, 6.07) is 8.98. The van der Waals surface area contributed by atoms with Gasteiger partial charge in [-0.05, 0) is 61.8 Å². The number of carbonyl (C=O) groups excluding carboxylic acids is 1. The molecule has 0 bridgehead atoms. The number of benzene rings is 2. The largest absolute Gasteiger partial charge is 0.507 e. The number of hydrogen-bond acceptors (Lipinski definition) is 6. The molecule has 27 heavy (non-hydrogen) atoms. The van der Waals surface area contributed by atoms with Gasteiger partial charge < -0.3 is 9.84 Å². The third kappa shape index (κ3) is 3.29. The highest BCUT2D eigenvalue weighted by Crippen LogP contribution is 2.40. The molecule has 2 aliphatic rings. The molecule has 0 spiro atoms. The number of hydrogen-bond donors (Lipinski definition) is 1. The van der Waals surface area contributed by atoms with Gasteiger partial charge in [-0.3, -0.25) is 19.8 Å². The molecule has 0 unspecified atom stereocenters. The predicted octanol–water partition coefficient (Wildman–Crippen LogP) is 3.51. The first kappa shape index (κ1) is 17.2. The Morgan fingerprint density at radius 2 is 1.85 bits per heavy atom. The molecule has 7 heteroatoms. The molecule has 0 aliphatic carbocycles. The zero-order chi connectivity index (χ0) is 19.0. The number of nitro benzene ring substituents is 1. The van der Waals surface area contributed by atoms with E-state index in [1.54, 1.807) is 24.3 Å². The van der Waals surface area contributed by atoms with Crippen LogP contribution < -0.4 is 4.74 Å². The molecular weight excluding hydrogens is 348 g/mol. The molecule has 4 rings (SSSR count). The van der Waals surface area contributed by atoms with E-state index in [1.807, 2.05) is 0 Å². The normalized spacial score (nSPS) is 17.9. The Morgan fingerprint density at radius 1 is 1.15 bits per heavy atom. The van der Waals surface area contributed by atoms with Crippen LogP contribution in [0.3, 0.4) is 0 Å². The second kappa shape index (κ2) is 6.85. The second-order valence-corrected chi connectivity index (χ2v) is 6.71. The van der Waals surface area contributed by atoms with Crippen molar-refractivity contribution in [2.75, 3.05) is 13.1 Å². The minimum absolute atomic E-state index is 0.0167. The number of phenolic OH excluding ortho intramolecular Hbond substituents is 1. The average molecular weight is 366 g/mol. The Bertz CT molecular complexity index is 944. The summed E-state index contributed by atoms with van der Waals surface area (Å²) in [5.41, 5.74) is 1.66. The molecule has 2 aromatic carbocycles. The highest BCUT2D eigenvalue weighted by molar-refractivity contribution is 6.15. The first-order chi connectivity index (χ1) is 13.0. The number of carbonyl (C=O) groups is 1. The van der Waals surface area contributed by atoms with Crippen LogP contribution in [0.15, 0.2) is 42.2 Å². The quantitative estimate of drug-likeness (QED) is 0.506. The van der Waals surface area contributed by atoms with Crippen LogP contribution in [0.1, 0.15) is 34.3 Å². The summed E-state index contributed by atoms with van der Waals surface area (Å²) in [4.78, 5) is 25.2. The van der Waals surface area contributed by atoms with Crippen LogP contribution in [-0.2, 0) is 6.54 Å². The lowest BCUT2D eigenvalue weighted by Gasteiger charge is -2.17. The summed E-state index contributed by atoms with van der Waals surface area (Å²) in [6.45, 7) is 2.46. The molecule has 1 fully saturated rings. The minimum Gasteiger partial charge on any atom is -0.507 e. The number of ketones is 1. The lowest BCUT2D eigenvalue weighted by Crippen LogP contribution is -2.18. The van der Waals surface area contributed by atoms with Gasteiger partial charge in [0.2, 0.25) is 5.78 Å². The van der Waals surface area contributed by atoms with Crippen LogP contribution in [0.5, 0.6) is 11.5 Å². The Hall–Kier alpha value is -3.19. The summed E-state index contributed by atoms with van der Waals surface area (Å²) >= 11 is 0. The molecule has 0 saturated carbocycles. The Balaban J connectivity index is 1.64. The van der Waals surface area contributed by atoms with Crippen molar-refractivity contribution in [2.45, 2.75) is 19.4 Å². The third-order valence-electron chi connectivity index (χ3n) is 4.90. The van der Waals surface area contributed by atoms with Crippen molar-refractivity contribution in [3.8, 4) is 11.5 Å². The van der Waals surface area contributed by atoms with Crippen molar-refractivity contribution in [3.05, 3.63) is 69.0 Å². The van der Waals surface area contributed by atoms with Crippen molar-refractivity contribution in [2.24, 2.45) is 0 Å². The second-order valence-electron chi connectivity index (χ2n) is 6.71. The van der Waals surface area contributed by atoms with Crippen molar-refractivity contribution in [3.63, 3.8) is 0 Å². The Kier molecular flexibility index (Phi) is 4.37. The standard InChI is InChI=1S/C20H18N2O5/c23-17-8-7-15-19(24)18(11-13-3-5-14(6-4-13)22(25)26)27-20(15)16(17)12-21-9-1-2-10-21/h3-8,11,23H,1-2,9-10,12H2. The van der Waals surface area contributed by atoms with Gasteiger partial charge in [0.25, 0.3) is 5.69 Å². The van der Waals surface area contributed by atoms with E-state index < -0.39 is 4.92 Å². The smallest absolute Gasteiger partial charge is 0.269 e. The third-order valence-corrected chi connectivity index (χ3v) is 4.90. The number of fused-ring (bicyclic) bond motifs is 1. The fraction of sp³-hybridized carbons (Fsp3) is 0.250. The molecule has 1 saturated heterocycles. The number of likely N-dealkylation sites (tertiary alicyclic amines) is 1. The number of ether oxygens (including phenoxy) is 1. The van der Waals surface area contributed by atoms with E-state index in [2.05, 4.69) is 4.90 Å². The summed E-state index contributed by atoms with van der Waals surface area (Å²) in [5.74, 6) is 0.406. The van der Waals surface area contributed by atoms with Crippen molar-refractivity contribution < 1.29 is 19.6 Å². The summed E-state index contributed by atoms with van der Waals surface area (Å²) in [6.07, 6.45) is 3.81. The molecule has 2 aliphatic heterocycles. The van der Waals surface area contributed by atoms with Gasteiger partial charge in [0.05, 0.1) is 16.1 Å². The minimum atomic E-state index is -0.475. The van der Waals surface area contributed by atoms with Gasteiger partial charge >= 0.3 is 0 Å². The van der Waals surface area contributed by atoms with Crippen LogP contribution in [-0.4, -0.2) is 33.8 Å². The Labute approximate surface area is 155 Å². The first-order valence-electron chi connectivity index (χ1n) is 8.79. The molecule has 0 atom stereocenters. The van der Waals surface area contributed by atoms with Gasteiger partial charge in [-0.1, -0.05) is 0 Å². The average Bonchev–Trinajstić information content (AvgIpc) is 3.27. The van der Waals surface area contributed by atoms with Crippen molar-refractivity contribution in [1.29, 1.82) is 0 Å². The van der Waals surface area contributed by atoms with Crippen LogP contribution >= 0.6 is 0 Å². The van der Waals surface area contributed by atoms with E-state index in [9.17, 15) is 20.0 Å². The Morgan fingerprint density at radius 3 is 2.52 bits per heavy atom. The zero-order valence-electron chi connectivity index (χ0n) is 14.6. The molecule has 2 aromatic rings. The van der Waals surface area contributed by atoms with Crippen LogP contribution in [0.4, 0.5) is 5.69 Å². The SMILES string of the molecule is O=C1C(=Cc2ccc([N+](=O)[O-])cc2)Oc2c1ccc(O)c2CN1CCCC1. The van der Waals surface area contributed by atoms with E-state index in [1.165, 1.54) is 18.2 Å². The van der Waals surface area contributed by atoms with E-state index >= 15 is 0 Å². The van der Waals surface area contributed by atoms with E-state index in [0.29, 0.717) is 29.0 Å². The van der Waals surface area contributed by atoms with Gasteiger partial charge in [0.15, 0.2) is 5.76 Å². The number of non-ortho nitro benzene ring substituents is 1. The fourth-order valence-electron chi connectivity index (χ4n) is 3.46. The summed E-state index contributed by atoms with van der Waals surface area (Å²) < 4.78 is 5.81. The van der Waals surface area contributed by atoms with Gasteiger partial charge in [-0.2, -0.15) is 0 Å². The molecule has 138 valence electrons. The number of nitrogens with zero attached hydrogens (tertiary/aromatic N) is 2. The monoisotopic (exact) mass is 366 g/mol. The molecular formula is C20H18N2O5. The number of Topliss-reactive ketones (excluding diaryl/α,β-unsaturated/α-hetero) is 1. The maximum Gasteiger partial charge on any atom is 0.269 e. The van der Waals surface area contributed by atoms with Gasteiger partial charge in [0, 0.05) is 18.7 Å². The molecule has 7 nitrogen and oxygen atoms in total. The maximum atomic E-state index is 12.7. The number of rotatable bonds is 4. The van der Waals surface area contributed by atoms with Crippen LogP contribution in [0.25, 0.3) is 6.08 Å². The maximum absolute atomic E-state index is 12.7. The zero-order valence-corrected chi connectivity index (χ0v) is 14.6. The van der Waals surface area contributed by atoms with Gasteiger partial charge in [0.1, 0.15) is 11.5 Å². The van der Waals surface area contributed by atoms with Crippen molar-refractivity contribution in [1.82, 2.24) is 4.90 Å².